The fourth-order valence-electron chi connectivity index (χ4n) is 4.47. The van der Waals surface area contributed by atoms with E-state index in [1.54, 1.807) is 0 Å². The van der Waals surface area contributed by atoms with Crippen LogP contribution in [0.2, 0.25) is 0 Å². The summed E-state index contributed by atoms with van der Waals surface area (Å²) in [5, 5.41) is 15.2. The van der Waals surface area contributed by atoms with Gasteiger partial charge in [0.05, 0.1) is 16.4 Å². The number of thioether (sulfide) groups is 1. The summed E-state index contributed by atoms with van der Waals surface area (Å²) in [6, 6.07) is 17.1. The number of nitrogens with zero attached hydrogens (tertiary/aromatic N) is 3. The summed E-state index contributed by atoms with van der Waals surface area (Å²) < 4.78 is 1.38. The predicted octanol–water partition coefficient (Wildman–Crippen LogP) is 5.43. The first-order chi connectivity index (χ1) is 17.7. The number of hydrogen-bond donors (Lipinski definition) is 2. The molecule has 1 amide bonds. The number of para-hydroxylation sites is 1. The quantitative estimate of drug-likeness (QED) is 0.135. The molecule has 0 unspecified atom stereocenters. The maximum absolute atomic E-state index is 13.6. The third kappa shape index (κ3) is 4.58. The number of aromatic nitrogens is 3. The standard InChI is InChI=1S/C27H23N5O4S/c1-15-12-16(2)23(17(3)13-15)29-22(33)14-37-27-30-24-20-6-4-5-7-21(20)28-25(24)26(34)31(27)18-8-10-19(11-9-18)32(35)36/h4-13,28H,14H2,1-3H3,(H,29,33). The molecule has 2 aromatic heterocycles. The van der Waals surface area contributed by atoms with Crippen molar-refractivity contribution in [3.63, 3.8) is 0 Å². The van der Waals surface area contributed by atoms with Gasteiger partial charge in [-0.25, -0.2) is 4.98 Å². The highest BCUT2D eigenvalue weighted by molar-refractivity contribution is 7.99. The molecule has 0 radical (unpaired) electrons. The van der Waals surface area contributed by atoms with E-state index in [0.29, 0.717) is 21.9 Å². The number of H-pyrrole nitrogens is 1. The van der Waals surface area contributed by atoms with Gasteiger partial charge in [-0.3, -0.25) is 24.3 Å². The Morgan fingerprint density at radius 1 is 1.08 bits per heavy atom. The summed E-state index contributed by atoms with van der Waals surface area (Å²) in [4.78, 5) is 45.1. The minimum atomic E-state index is -0.499. The lowest BCUT2D eigenvalue weighted by molar-refractivity contribution is -0.384. The van der Waals surface area contributed by atoms with E-state index in [9.17, 15) is 19.7 Å². The van der Waals surface area contributed by atoms with Crippen LogP contribution < -0.4 is 10.9 Å². The second kappa shape index (κ2) is 9.55. The predicted molar refractivity (Wildman–Crippen MR) is 146 cm³/mol. The van der Waals surface area contributed by atoms with Crippen LogP contribution in [0.15, 0.2) is 70.6 Å². The zero-order valence-corrected chi connectivity index (χ0v) is 21.2. The van der Waals surface area contributed by atoms with Gasteiger partial charge in [-0.1, -0.05) is 47.7 Å². The average Bonchev–Trinajstić information content (AvgIpc) is 3.24. The molecule has 5 aromatic rings. The first kappa shape index (κ1) is 24.3. The van der Waals surface area contributed by atoms with Gasteiger partial charge in [-0.2, -0.15) is 0 Å². The second-order valence-corrected chi connectivity index (χ2v) is 9.76. The largest absolute Gasteiger partial charge is 0.349 e. The molecule has 0 saturated carbocycles. The number of non-ortho nitro benzene ring substituents is 1. The number of anilines is 1. The summed E-state index contributed by atoms with van der Waals surface area (Å²) >= 11 is 1.13. The molecule has 5 rings (SSSR count). The Hall–Kier alpha value is -4.44. The Morgan fingerprint density at radius 2 is 1.76 bits per heavy atom. The number of hydrogen-bond acceptors (Lipinski definition) is 6. The highest BCUT2D eigenvalue weighted by atomic mass is 32.2. The van der Waals surface area contributed by atoms with Crippen LogP contribution in [0, 0.1) is 30.9 Å². The van der Waals surface area contributed by atoms with Crippen LogP contribution in [0.4, 0.5) is 11.4 Å². The molecule has 10 heteroatoms. The molecule has 2 N–H and O–H groups in total. The average molecular weight is 514 g/mol. The van der Waals surface area contributed by atoms with Crippen molar-refractivity contribution in [1.29, 1.82) is 0 Å². The molecule has 0 aliphatic heterocycles. The Labute approximate surface area is 215 Å². The number of aromatic amines is 1. The number of nitrogens with one attached hydrogen (secondary N) is 2. The number of benzene rings is 3. The lowest BCUT2D eigenvalue weighted by Crippen LogP contribution is -2.23. The molecule has 9 nitrogen and oxygen atoms in total. The lowest BCUT2D eigenvalue weighted by Gasteiger charge is -2.14. The Kier molecular flexibility index (Phi) is 6.26. The molecule has 37 heavy (non-hydrogen) atoms. The fourth-order valence-corrected chi connectivity index (χ4v) is 5.28. The van der Waals surface area contributed by atoms with E-state index in [1.807, 2.05) is 57.2 Å². The van der Waals surface area contributed by atoms with Crippen molar-refractivity contribution >= 4 is 51.0 Å². The normalized spacial score (nSPS) is 11.2. The maximum atomic E-state index is 13.6. The number of amides is 1. The summed E-state index contributed by atoms with van der Waals surface area (Å²) in [6.07, 6.45) is 0. The molecule has 0 bridgehead atoms. The molecule has 2 heterocycles. The molecule has 0 fully saturated rings. The van der Waals surface area contributed by atoms with E-state index in [1.165, 1.54) is 28.8 Å². The third-order valence-electron chi connectivity index (χ3n) is 6.09. The van der Waals surface area contributed by atoms with Crippen molar-refractivity contribution in [3.05, 3.63) is 97.8 Å². The highest BCUT2D eigenvalue weighted by Crippen LogP contribution is 2.28. The molecule has 0 spiro atoms. The molecule has 0 atom stereocenters. The third-order valence-corrected chi connectivity index (χ3v) is 7.03. The molecule has 3 aromatic carbocycles. The van der Waals surface area contributed by atoms with Crippen LogP contribution in [0.3, 0.4) is 0 Å². The topological polar surface area (TPSA) is 123 Å². The van der Waals surface area contributed by atoms with Crippen LogP contribution in [0.5, 0.6) is 0 Å². The second-order valence-electron chi connectivity index (χ2n) is 8.81. The van der Waals surface area contributed by atoms with Gasteiger partial charge in [-0.05, 0) is 50.1 Å². The minimum Gasteiger partial charge on any atom is -0.349 e. The Balaban J connectivity index is 1.55. The molecular weight excluding hydrogens is 490 g/mol. The first-order valence-electron chi connectivity index (χ1n) is 11.5. The summed E-state index contributed by atoms with van der Waals surface area (Å²) in [5.41, 5.74) is 5.38. The van der Waals surface area contributed by atoms with Crippen LogP contribution in [-0.2, 0) is 4.79 Å². The number of nitro groups is 1. The van der Waals surface area contributed by atoms with E-state index in [2.05, 4.69) is 10.3 Å². The van der Waals surface area contributed by atoms with E-state index in [4.69, 9.17) is 4.98 Å². The van der Waals surface area contributed by atoms with E-state index in [0.717, 1.165) is 45.0 Å². The van der Waals surface area contributed by atoms with Crippen LogP contribution in [0.25, 0.3) is 27.6 Å². The van der Waals surface area contributed by atoms with Crippen molar-refractivity contribution in [3.8, 4) is 5.69 Å². The van der Waals surface area contributed by atoms with E-state index >= 15 is 0 Å². The van der Waals surface area contributed by atoms with Gasteiger partial charge < -0.3 is 10.3 Å². The van der Waals surface area contributed by atoms with Gasteiger partial charge in [-0.15, -0.1) is 0 Å². The van der Waals surface area contributed by atoms with Crippen molar-refractivity contribution in [1.82, 2.24) is 14.5 Å². The van der Waals surface area contributed by atoms with E-state index < -0.39 is 4.92 Å². The smallest absolute Gasteiger partial charge is 0.283 e. The Morgan fingerprint density at radius 3 is 2.43 bits per heavy atom. The van der Waals surface area contributed by atoms with Crippen molar-refractivity contribution < 1.29 is 9.72 Å². The van der Waals surface area contributed by atoms with Crippen molar-refractivity contribution in [2.24, 2.45) is 0 Å². The van der Waals surface area contributed by atoms with Crippen molar-refractivity contribution in [2.45, 2.75) is 25.9 Å². The van der Waals surface area contributed by atoms with E-state index in [-0.39, 0.29) is 22.9 Å². The van der Waals surface area contributed by atoms with Gasteiger partial charge in [0.2, 0.25) is 5.91 Å². The number of carbonyl (C=O) groups excluding carboxylic acids is 1. The number of fused-ring (bicyclic) bond motifs is 3. The zero-order valence-electron chi connectivity index (χ0n) is 20.4. The molecule has 0 saturated heterocycles. The zero-order chi connectivity index (χ0) is 26.3. The maximum Gasteiger partial charge on any atom is 0.283 e. The summed E-state index contributed by atoms with van der Waals surface area (Å²) in [5.74, 6) is -0.219. The molecule has 0 aliphatic carbocycles. The van der Waals surface area contributed by atoms with Crippen molar-refractivity contribution in [2.75, 3.05) is 11.1 Å². The lowest BCUT2D eigenvalue weighted by atomic mass is 10.1. The number of nitro benzene ring substituents is 1. The number of rotatable bonds is 6. The molecule has 186 valence electrons. The Bertz CT molecular complexity index is 1730. The molecule has 0 aliphatic rings. The van der Waals surface area contributed by atoms with Crippen LogP contribution in [-0.4, -0.2) is 31.1 Å². The highest BCUT2D eigenvalue weighted by Gasteiger charge is 2.19. The van der Waals surface area contributed by atoms with Gasteiger partial charge in [0, 0.05) is 28.7 Å². The van der Waals surface area contributed by atoms with Gasteiger partial charge in [0.25, 0.3) is 11.2 Å². The van der Waals surface area contributed by atoms with Crippen LogP contribution in [0.1, 0.15) is 16.7 Å². The number of carbonyl (C=O) groups is 1. The summed E-state index contributed by atoms with van der Waals surface area (Å²) in [7, 11) is 0. The van der Waals surface area contributed by atoms with Gasteiger partial charge >= 0.3 is 0 Å². The first-order valence-corrected chi connectivity index (χ1v) is 12.5. The van der Waals surface area contributed by atoms with Crippen LogP contribution >= 0.6 is 11.8 Å². The minimum absolute atomic E-state index is 0.0139. The monoisotopic (exact) mass is 513 g/mol. The van der Waals surface area contributed by atoms with Gasteiger partial charge in [0.1, 0.15) is 11.0 Å². The summed E-state index contributed by atoms with van der Waals surface area (Å²) in [6.45, 7) is 5.90. The number of aryl methyl sites for hydroxylation is 3. The molecular formula is C27H23N5O4S. The fraction of sp³-hybridized carbons (Fsp3) is 0.148. The van der Waals surface area contributed by atoms with Gasteiger partial charge in [0.15, 0.2) is 5.16 Å². The SMILES string of the molecule is Cc1cc(C)c(NC(=O)CSc2nc3c([nH]c4ccccc43)c(=O)n2-c2ccc([N+](=O)[O-])cc2)c(C)c1.